The standard InChI is InChI=1S/C15H12Cl2O3S/c16-12-7-4-8-13(17)15(12)21(19,20)10-9-14(18)11-5-2-1-3-6-11/h1-8H,9-10H2. The molecule has 0 unspecified atom stereocenters. The molecule has 0 saturated carbocycles. The number of sulfone groups is 1. The van der Waals surface area contributed by atoms with Crippen molar-refractivity contribution in [1.82, 2.24) is 0 Å². The van der Waals surface area contributed by atoms with E-state index in [1.165, 1.54) is 12.1 Å². The minimum atomic E-state index is -3.71. The van der Waals surface area contributed by atoms with Crippen LogP contribution in [0.25, 0.3) is 0 Å². The van der Waals surface area contributed by atoms with Crippen LogP contribution >= 0.6 is 23.2 Å². The summed E-state index contributed by atoms with van der Waals surface area (Å²) in [6.45, 7) is 0. The van der Waals surface area contributed by atoms with Gasteiger partial charge in [0, 0.05) is 12.0 Å². The van der Waals surface area contributed by atoms with Gasteiger partial charge in [-0.3, -0.25) is 4.79 Å². The van der Waals surface area contributed by atoms with E-state index >= 15 is 0 Å². The van der Waals surface area contributed by atoms with Gasteiger partial charge >= 0.3 is 0 Å². The van der Waals surface area contributed by atoms with Crippen molar-refractivity contribution in [2.45, 2.75) is 11.3 Å². The number of Topliss-reactive ketones (excluding diaryl/α,β-unsaturated/α-hetero) is 1. The summed E-state index contributed by atoms with van der Waals surface area (Å²) in [4.78, 5) is 11.8. The second kappa shape index (κ2) is 6.60. The van der Waals surface area contributed by atoms with E-state index in [-0.39, 0.29) is 32.9 Å². The van der Waals surface area contributed by atoms with Gasteiger partial charge in [-0.25, -0.2) is 8.42 Å². The van der Waals surface area contributed by atoms with Gasteiger partial charge in [-0.1, -0.05) is 59.6 Å². The molecule has 0 aliphatic carbocycles. The number of halogens is 2. The van der Waals surface area contributed by atoms with Gasteiger partial charge in [0.25, 0.3) is 0 Å². The first-order valence-corrected chi connectivity index (χ1v) is 8.57. The fourth-order valence-electron chi connectivity index (χ4n) is 1.88. The molecule has 6 heteroatoms. The van der Waals surface area contributed by atoms with Crippen LogP contribution in [0.15, 0.2) is 53.4 Å². The summed E-state index contributed by atoms with van der Waals surface area (Å²) in [5.74, 6) is -0.563. The maximum Gasteiger partial charge on any atom is 0.181 e. The molecular weight excluding hydrogens is 331 g/mol. The first-order chi connectivity index (χ1) is 9.92. The largest absolute Gasteiger partial charge is 0.294 e. The van der Waals surface area contributed by atoms with E-state index in [1.54, 1.807) is 36.4 Å². The summed E-state index contributed by atoms with van der Waals surface area (Å²) < 4.78 is 24.6. The maximum absolute atomic E-state index is 12.3. The summed E-state index contributed by atoms with van der Waals surface area (Å²) in [5, 5.41) is 0.129. The van der Waals surface area contributed by atoms with Crippen molar-refractivity contribution >= 4 is 38.8 Å². The molecule has 0 heterocycles. The molecule has 110 valence electrons. The molecule has 0 aliphatic rings. The number of carbonyl (C=O) groups is 1. The van der Waals surface area contributed by atoms with Gasteiger partial charge in [-0.2, -0.15) is 0 Å². The molecule has 2 aromatic rings. The minimum absolute atomic E-state index is 0.0645. The van der Waals surface area contributed by atoms with Crippen molar-refractivity contribution in [2.75, 3.05) is 5.75 Å². The smallest absolute Gasteiger partial charge is 0.181 e. The Hall–Kier alpha value is -1.36. The van der Waals surface area contributed by atoms with Gasteiger partial charge in [-0.05, 0) is 12.1 Å². The van der Waals surface area contributed by atoms with E-state index in [0.29, 0.717) is 5.56 Å². The Bertz CT molecular complexity index is 735. The Labute approximate surface area is 133 Å². The lowest BCUT2D eigenvalue weighted by Gasteiger charge is -2.08. The molecule has 0 aliphatic heterocycles. The van der Waals surface area contributed by atoms with Crippen LogP contribution in [0.4, 0.5) is 0 Å². The monoisotopic (exact) mass is 342 g/mol. The fourth-order valence-corrected chi connectivity index (χ4v) is 4.37. The van der Waals surface area contributed by atoms with E-state index in [4.69, 9.17) is 23.2 Å². The van der Waals surface area contributed by atoms with Gasteiger partial charge in [0.2, 0.25) is 0 Å². The molecule has 0 fully saturated rings. The van der Waals surface area contributed by atoms with Crippen LogP contribution in [0.5, 0.6) is 0 Å². The number of hydrogen-bond acceptors (Lipinski definition) is 3. The highest BCUT2D eigenvalue weighted by Gasteiger charge is 2.22. The van der Waals surface area contributed by atoms with Gasteiger partial charge < -0.3 is 0 Å². The quantitative estimate of drug-likeness (QED) is 0.770. The van der Waals surface area contributed by atoms with Crippen molar-refractivity contribution < 1.29 is 13.2 Å². The number of hydrogen-bond donors (Lipinski definition) is 0. The lowest BCUT2D eigenvalue weighted by Crippen LogP contribution is -2.12. The number of carbonyl (C=O) groups excluding carboxylic acids is 1. The lowest BCUT2D eigenvalue weighted by atomic mass is 10.1. The third-order valence-corrected chi connectivity index (χ3v) is 5.58. The molecule has 0 aromatic heterocycles. The average Bonchev–Trinajstić information content (AvgIpc) is 2.45. The van der Waals surface area contributed by atoms with Crippen LogP contribution in [0.3, 0.4) is 0 Å². The van der Waals surface area contributed by atoms with Gasteiger partial charge in [0.1, 0.15) is 4.90 Å². The van der Waals surface area contributed by atoms with Crippen LogP contribution in [0, 0.1) is 0 Å². The molecule has 0 bridgehead atoms. The van der Waals surface area contributed by atoms with E-state index in [9.17, 15) is 13.2 Å². The Morgan fingerprint density at radius 3 is 2.05 bits per heavy atom. The highest BCUT2D eigenvalue weighted by atomic mass is 35.5. The molecular formula is C15H12Cl2O3S. The highest BCUT2D eigenvalue weighted by molar-refractivity contribution is 7.91. The summed E-state index contributed by atoms with van der Waals surface area (Å²) in [6.07, 6.45) is -0.117. The molecule has 2 aromatic carbocycles. The Kier molecular flexibility index (Phi) is 5.04. The molecule has 0 saturated heterocycles. The second-order valence-corrected chi connectivity index (χ2v) is 7.27. The summed E-state index contributed by atoms with van der Waals surface area (Å²) in [5.41, 5.74) is 0.484. The van der Waals surface area contributed by atoms with Crippen molar-refractivity contribution in [3.05, 3.63) is 64.1 Å². The third kappa shape index (κ3) is 3.84. The number of ketones is 1. The highest BCUT2D eigenvalue weighted by Crippen LogP contribution is 2.30. The van der Waals surface area contributed by atoms with Gasteiger partial charge in [-0.15, -0.1) is 0 Å². The Balaban J connectivity index is 2.18. The Morgan fingerprint density at radius 2 is 1.48 bits per heavy atom. The zero-order chi connectivity index (χ0) is 15.5. The van der Waals surface area contributed by atoms with Crippen molar-refractivity contribution in [1.29, 1.82) is 0 Å². The number of rotatable bonds is 5. The SMILES string of the molecule is O=C(CCS(=O)(=O)c1c(Cl)cccc1Cl)c1ccccc1. The van der Waals surface area contributed by atoms with Crippen LogP contribution in [-0.4, -0.2) is 20.0 Å². The molecule has 0 spiro atoms. The maximum atomic E-state index is 12.3. The fraction of sp³-hybridized carbons (Fsp3) is 0.133. The van der Waals surface area contributed by atoms with Gasteiger partial charge in [0.05, 0.1) is 15.8 Å². The molecule has 0 N–H and O–H groups in total. The third-order valence-electron chi connectivity index (χ3n) is 2.92. The molecule has 0 amide bonds. The zero-order valence-corrected chi connectivity index (χ0v) is 13.3. The van der Waals surface area contributed by atoms with Crippen molar-refractivity contribution in [3.8, 4) is 0 Å². The first-order valence-electron chi connectivity index (χ1n) is 6.17. The molecule has 0 atom stereocenters. The normalized spacial score (nSPS) is 11.3. The average molecular weight is 343 g/mol. The van der Waals surface area contributed by atoms with E-state index in [2.05, 4.69) is 0 Å². The van der Waals surface area contributed by atoms with E-state index in [0.717, 1.165) is 0 Å². The van der Waals surface area contributed by atoms with Crippen LogP contribution < -0.4 is 0 Å². The zero-order valence-electron chi connectivity index (χ0n) is 10.9. The van der Waals surface area contributed by atoms with Crippen LogP contribution in [-0.2, 0) is 9.84 Å². The Morgan fingerprint density at radius 1 is 0.905 bits per heavy atom. The lowest BCUT2D eigenvalue weighted by molar-refractivity contribution is 0.0989. The first kappa shape index (κ1) is 16.0. The second-order valence-electron chi connectivity index (χ2n) is 4.41. The summed E-state index contributed by atoms with van der Waals surface area (Å²) in [6, 6.07) is 13.0. The molecule has 21 heavy (non-hydrogen) atoms. The molecule has 0 radical (unpaired) electrons. The van der Waals surface area contributed by atoms with E-state index < -0.39 is 9.84 Å². The van der Waals surface area contributed by atoms with Crippen molar-refractivity contribution in [3.63, 3.8) is 0 Å². The summed E-state index contributed by atoms with van der Waals surface area (Å²) >= 11 is 11.8. The van der Waals surface area contributed by atoms with Crippen LogP contribution in [0.1, 0.15) is 16.8 Å². The predicted octanol–water partition coefficient (Wildman–Crippen LogP) is 4.04. The topological polar surface area (TPSA) is 51.2 Å². The van der Waals surface area contributed by atoms with Gasteiger partial charge in [0.15, 0.2) is 15.6 Å². The summed E-state index contributed by atoms with van der Waals surface area (Å²) in [7, 11) is -3.71. The molecule has 2 rings (SSSR count). The van der Waals surface area contributed by atoms with E-state index in [1.807, 2.05) is 0 Å². The van der Waals surface area contributed by atoms with Crippen LogP contribution in [0.2, 0.25) is 10.0 Å². The molecule has 3 nitrogen and oxygen atoms in total. The minimum Gasteiger partial charge on any atom is -0.294 e. The van der Waals surface area contributed by atoms with Crippen molar-refractivity contribution in [2.24, 2.45) is 0 Å². The number of benzene rings is 2. The predicted molar refractivity (Wildman–Crippen MR) is 83.9 cm³/mol.